The number of nitrogens with one attached hydrogen (secondary N) is 1. The molecule has 17 heteroatoms. The van der Waals surface area contributed by atoms with E-state index in [1.165, 1.54) is 39.8 Å². The van der Waals surface area contributed by atoms with E-state index in [1.807, 2.05) is 0 Å². The van der Waals surface area contributed by atoms with E-state index in [1.54, 1.807) is 78.9 Å². The summed E-state index contributed by atoms with van der Waals surface area (Å²) in [5.41, 5.74) is -2.29. The number of hydrogen-bond acceptors (Lipinski definition) is 15. The average Bonchev–Trinajstić information content (AvgIpc) is 3.28. The van der Waals surface area contributed by atoms with E-state index in [0.29, 0.717) is 5.56 Å². The number of ether oxygens (including phenoxy) is 5. The van der Waals surface area contributed by atoms with Gasteiger partial charge in [0.1, 0.15) is 23.9 Å². The van der Waals surface area contributed by atoms with Crippen molar-refractivity contribution >= 4 is 41.5 Å². The molecular formula is C49H54N2O15. The van der Waals surface area contributed by atoms with E-state index in [0.717, 1.165) is 6.92 Å². The normalized spacial score (nSPS) is 30.6. The molecule has 4 aliphatic rings. The molecule has 6 N–H and O–H groups in total. The zero-order valence-electron chi connectivity index (χ0n) is 37.1. The number of benzene rings is 3. The number of rotatable bonds is 13. The maximum Gasteiger partial charge on any atom is 0.338 e. The third kappa shape index (κ3) is 8.29. The number of amides is 2. The summed E-state index contributed by atoms with van der Waals surface area (Å²) in [4.78, 5) is 96.5. The standard InChI is InChI=1S/C49H54N2O15/c1-26-31(63-45(60)38(56)37(28-15-9-6-10-16-28)51-43(58)29-17-11-7-12-18-29)24-49(61)42(65-44(59)30-19-13-8-14-20-30)40-47(5,32(53)23-33-48(40,25-62-33)66-27(2)52)41(57)39(36(26)46(49,3)4)64-35(55)22-21-34(50)54/h6-20,31-33,37-40,42,53,56,61H,21-25H2,1-5H3,(H2,50,54)(H,51,58)/t31-,32-,33+,37-,38+,39+,40-,42-,47+,48-,49+/m0/s1. The fraction of sp³-hybridized carbons (Fsp3) is 0.449. The minimum absolute atomic E-state index is 0.0351. The summed E-state index contributed by atoms with van der Waals surface area (Å²) in [5, 5.41) is 40.5. The van der Waals surface area contributed by atoms with Gasteiger partial charge in [0, 0.05) is 37.2 Å². The van der Waals surface area contributed by atoms with Gasteiger partial charge in [-0.15, -0.1) is 0 Å². The second kappa shape index (κ2) is 18.2. The van der Waals surface area contributed by atoms with E-state index in [-0.39, 0.29) is 35.3 Å². The number of primary amides is 1. The quantitative estimate of drug-likeness (QED) is 0.0938. The molecule has 2 bridgehead atoms. The van der Waals surface area contributed by atoms with Gasteiger partial charge in [0.15, 0.2) is 23.6 Å². The molecule has 3 aliphatic carbocycles. The van der Waals surface area contributed by atoms with Gasteiger partial charge in [-0.1, -0.05) is 80.6 Å². The van der Waals surface area contributed by atoms with Crippen molar-refractivity contribution in [1.29, 1.82) is 0 Å². The molecule has 3 aromatic rings. The van der Waals surface area contributed by atoms with E-state index in [4.69, 9.17) is 29.4 Å². The summed E-state index contributed by atoms with van der Waals surface area (Å²) in [7, 11) is 0. The fourth-order valence-electron chi connectivity index (χ4n) is 10.4. The molecular weight excluding hydrogens is 857 g/mol. The zero-order chi connectivity index (χ0) is 47.9. The van der Waals surface area contributed by atoms with Crippen molar-refractivity contribution in [3.63, 3.8) is 0 Å². The first kappa shape index (κ1) is 47.7. The van der Waals surface area contributed by atoms with Crippen molar-refractivity contribution in [2.24, 2.45) is 22.5 Å². The van der Waals surface area contributed by atoms with Crippen LogP contribution in [0.3, 0.4) is 0 Å². The Hall–Kier alpha value is -6.27. The van der Waals surface area contributed by atoms with Gasteiger partial charge in [0.05, 0.1) is 42.1 Å². The first-order valence-electron chi connectivity index (χ1n) is 21.7. The van der Waals surface area contributed by atoms with E-state index in [2.05, 4.69) is 5.32 Å². The average molecular weight is 911 g/mol. The molecule has 3 aromatic carbocycles. The predicted molar refractivity (Wildman–Crippen MR) is 230 cm³/mol. The number of ketones is 1. The number of carbonyl (C=O) groups is 7. The van der Waals surface area contributed by atoms with Gasteiger partial charge in [-0.3, -0.25) is 24.0 Å². The van der Waals surface area contributed by atoms with E-state index >= 15 is 4.79 Å². The maximum atomic E-state index is 15.7. The Labute approximate surface area is 380 Å². The molecule has 1 aliphatic heterocycles. The van der Waals surface area contributed by atoms with Crippen molar-refractivity contribution in [3.8, 4) is 0 Å². The van der Waals surface area contributed by atoms with Crippen LogP contribution in [0.25, 0.3) is 0 Å². The third-order valence-electron chi connectivity index (χ3n) is 14.0. The molecule has 0 spiro atoms. The minimum Gasteiger partial charge on any atom is -0.456 e. The first-order chi connectivity index (χ1) is 31.2. The second-order valence-corrected chi connectivity index (χ2v) is 18.2. The van der Waals surface area contributed by atoms with E-state index in [9.17, 15) is 44.1 Å². The van der Waals surface area contributed by atoms with Gasteiger partial charge in [-0.05, 0) is 54.8 Å². The highest BCUT2D eigenvalue weighted by molar-refractivity contribution is 5.96. The summed E-state index contributed by atoms with van der Waals surface area (Å²) in [6.07, 6.45) is -12.1. The molecule has 7 rings (SSSR count). The van der Waals surface area contributed by atoms with Gasteiger partial charge >= 0.3 is 23.9 Å². The molecule has 0 unspecified atom stereocenters. The lowest BCUT2D eigenvalue weighted by Gasteiger charge is -2.67. The number of aliphatic hydroxyl groups excluding tert-OH is 2. The van der Waals surface area contributed by atoms with Crippen LogP contribution in [0.15, 0.2) is 102 Å². The second-order valence-electron chi connectivity index (χ2n) is 18.2. The van der Waals surface area contributed by atoms with Crippen molar-refractivity contribution in [1.82, 2.24) is 5.32 Å². The number of carbonyl (C=O) groups excluding carboxylic acids is 7. The Morgan fingerprint density at radius 3 is 2.02 bits per heavy atom. The molecule has 350 valence electrons. The molecule has 2 saturated carbocycles. The van der Waals surface area contributed by atoms with Crippen LogP contribution in [0.4, 0.5) is 0 Å². The number of fused-ring (bicyclic) bond motifs is 5. The highest BCUT2D eigenvalue weighted by atomic mass is 16.6. The van der Waals surface area contributed by atoms with Crippen molar-refractivity contribution < 1.29 is 72.6 Å². The van der Waals surface area contributed by atoms with Gasteiger partial charge in [-0.25, -0.2) is 9.59 Å². The lowest BCUT2D eigenvalue weighted by Crippen LogP contribution is -2.82. The summed E-state index contributed by atoms with van der Waals surface area (Å²) in [6, 6.07) is 22.6. The topological polar surface area (TPSA) is 264 Å². The molecule has 11 atom stereocenters. The predicted octanol–water partition coefficient (Wildman–Crippen LogP) is 2.98. The third-order valence-corrected chi connectivity index (χ3v) is 14.0. The van der Waals surface area contributed by atoms with Crippen molar-refractivity contribution in [3.05, 3.63) is 119 Å². The van der Waals surface area contributed by atoms with Crippen LogP contribution in [0.2, 0.25) is 0 Å². The van der Waals surface area contributed by atoms with Crippen LogP contribution in [-0.2, 0) is 47.7 Å². The molecule has 1 saturated heterocycles. The number of aliphatic hydroxyl groups is 3. The minimum atomic E-state index is -2.47. The van der Waals surface area contributed by atoms with Crippen molar-refractivity contribution in [2.45, 2.75) is 114 Å². The highest BCUT2D eigenvalue weighted by Crippen LogP contribution is 2.64. The summed E-state index contributed by atoms with van der Waals surface area (Å²) >= 11 is 0. The van der Waals surface area contributed by atoms with Crippen LogP contribution in [0.1, 0.15) is 92.6 Å². The summed E-state index contributed by atoms with van der Waals surface area (Å²) in [6.45, 7) is 6.62. The SMILES string of the molecule is CC(=O)O[C@@]12CO[C@@H]1C[C@H](O)[C@@]1(C)C(=O)[C@H](OC(=O)CCC(N)=O)C3=C(C)[C@@H](OC(=O)[C@H](O)[C@@H](NC(=O)c4ccccc4)c4ccccc4)C[C@@](O)([C@@H](OC(=O)c4ccccc4)[C@H]21)C3(C)C. The highest BCUT2D eigenvalue weighted by Gasteiger charge is 2.78. The van der Waals surface area contributed by atoms with Crippen LogP contribution in [0.5, 0.6) is 0 Å². The van der Waals surface area contributed by atoms with Gasteiger partial charge in [0.2, 0.25) is 5.91 Å². The monoisotopic (exact) mass is 910 g/mol. The van der Waals surface area contributed by atoms with Crippen LogP contribution < -0.4 is 11.1 Å². The molecule has 1 heterocycles. The van der Waals surface area contributed by atoms with Gasteiger partial charge < -0.3 is 50.1 Å². The zero-order valence-corrected chi connectivity index (χ0v) is 37.1. The Morgan fingerprint density at radius 2 is 1.45 bits per heavy atom. The van der Waals surface area contributed by atoms with Crippen LogP contribution in [0, 0.1) is 16.7 Å². The summed E-state index contributed by atoms with van der Waals surface area (Å²) in [5.74, 6) is -8.17. The van der Waals surface area contributed by atoms with E-state index < -0.39 is 131 Å². The van der Waals surface area contributed by atoms with Gasteiger partial charge in [-0.2, -0.15) is 0 Å². The molecule has 0 aromatic heterocycles. The molecule has 3 fully saturated rings. The molecule has 17 nitrogen and oxygen atoms in total. The number of esters is 4. The Bertz CT molecular complexity index is 2430. The van der Waals surface area contributed by atoms with Crippen LogP contribution >= 0.6 is 0 Å². The molecule has 0 radical (unpaired) electrons. The fourth-order valence-corrected chi connectivity index (χ4v) is 10.4. The lowest BCUT2D eigenvalue weighted by molar-refractivity contribution is -0.346. The van der Waals surface area contributed by atoms with Crippen LogP contribution in [-0.4, -0.2) is 111 Å². The lowest BCUT2D eigenvalue weighted by atomic mass is 9.44. The smallest absolute Gasteiger partial charge is 0.338 e. The Morgan fingerprint density at radius 1 is 0.864 bits per heavy atom. The number of Topliss-reactive ketones (excluding diaryl/α,β-unsaturated/α-hetero) is 1. The molecule has 66 heavy (non-hydrogen) atoms. The maximum absolute atomic E-state index is 15.7. The van der Waals surface area contributed by atoms with Crippen molar-refractivity contribution in [2.75, 3.05) is 6.61 Å². The summed E-state index contributed by atoms with van der Waals surface area (Å²) < 4.78 is 30.5. The van der Waals surface area contributed by atoms with Gasteiger partial charge in [0.25, 0.3) is 5.91 Å². The Balaban J connectivity index is 1.40. The Kier molecular flexibility index (Phi) is 13.1. The largest absolute Gasteiger partial charge is 0.456 e. The number of nitrogens with two attached hydrogens (primary N) is 1. The molecule has 2 amide bonds. The number of hydrogen-bond donors (Lipinski definition) is 5. The first-order valence-corrected chi connectivity index (χ1v) is 21.7.